The second-order valence-electron chi connectivity index (χ2n) is 7.44. The molecule has 2 atom stereocenters. The summed E-state index contributed by atoms with van der Waals surface area (Å²) in [6, 6.07) is 2.36. The highest BCUT2D eigenvalue weighted by atomic mass is 16.5. The summed E-state index contributed by atoms with van der Waals surface area (Å²) in [5.74, 6) is -3.88. The fraction of sp³-hybridized carbons (Fsp3) is 0.550. The standard InChI is InChI=1S/C20H27N3O8/c1-31-20(30)13-6-7-14(21-8-13)9-22(10-17(24)25)15-4-2-3-5-16(15)23(11-18(26)27)12-19(28)29/h6-8,15-16H,2-5,9-12H2,1H3,(H,24,25)(H,26,27)(H,28,29)/t15-,16-/m1/s1. The van der Waals surface area contributed by atoms with Crippen molar-refractivity contribution < 1.29 is 39.2 Å². The molecule has 2 rings (SSSR count). The smallest absolute Gasteiger partial charge is 0.339 e. The van der Waals surface area contributed by atoms with Crippen molar-refractivity contribution in [2.45, 2.75) is 44.3 Å². The number of pyridine rings is 1. The molecule has 11 nitrogen and oxygen atoms in total. The lowest BCUT2D eigenvalue weighted by Crippen LogP contribution is -2.56. The molecule has 0 amide bonds. The number of esters is 1. The van der Waals surface area contributed by atoms with E-state index in [4.69, 9.17) is 0 Å². The fourth-order valence-electron chi connectivity index (χ4n) is 4.01. The summed E-state index contributed by atoms with van der Waals surface area (Å²) < 4.78 is 4.64. The number of aromatic nitrogens is 1. The fourth-order valence-corrected chi connectivity index (χ4v) is 4.01. The first-order valence-corrected chi connectivity index (χ1v) is 9.88. The number of aliphatic carboxylic acids is 3. The van der Waals surface area contributed by atoms with E-state index in [1.807, 2.05) is 0 Å². The zero-order valence-electron chi connectivity index (χ0n) is 17.3. The summed E-state index contributed by atoms with van der Waals surface area (Å²) in [6.45, 7) is -1.04. The third-order valence-corrected chi connectivity index (χ3v) is 5.26. The number of rotatable bonds is 11. The van der Waals surface area contributed by atoms with E-state index in [0.29, 0.717) is 18.5 Å². The maximum atomic E-state index is 11.6. The Morgan fingerprint density at radius 1 is 0.935 bits per heavy atom. The van der Waals surface area contributed by atoms with Crippen molar-refractivity contribution in [3.63, 3.8) is 0 Å². The summed E-state index contributed by atoms with van der Waals surface area (Å²) >= 11 is 0. The first-order valence-electron chi connectivity index (χ1n) is 9.88. The number of hydrogen-bond donors (Lipinski definition) is 3. The average molecular weight is 437 g/mol. The first-order chi connectivity index (χ1) is 14.7. The molecule has 1 aromatic rings. The second kappa shape index (κ2) is 11.4. The van der Waals surface area contributed by atoms with Crippen molar-refractivity contribution >= 4 is 23.9 Å². The summed E-state index contributed by atoms with van der Waals surface area (Å²) in [5.41, 5.74) is 0.793. The number of carboxylic acids is 3. The third-order valence-electron chi connectivity index (χ3n) is 5.26. The van der Waals surface area contributed by atoms with Gasteiger partial charge in [-0.3, -0.25) is 29.2 Å². The molecule has 170 valence electrons. The van der Waals surface area contributed by atoms with Crippen molar-refractivity contribution in [3.05, 3.63) is 29.6 Å². The largest absolute Gasteiger partial charge is 0.480 e. The number of hydrogen-bond acceptors (Lipinski definition) is 8. The van der Waals surface area contributed by atoms with E-state index in [9.17, 15) is 34.5 Å². The molecule has 11 heteroatoms. The first kappa shape index (κ1) is 24.2. The van der Waals surface area contributed by atoms with Gasteiger partial charge in [-0.25, -0.2) is 4.79 Å². The Balaban J connectivity index is 2.27. The molecule has 1 heterocycles. The van der Waals surface area contributed by atoms with Crippen LogP contribution in [0.3, 0.4) is 0 Å². The number of carboxylic acid groups (broad SMARTS) is 3. The van der Waals surface area contributed by atoms with Gasteiger partial charge in [0.2, 0.25) is 0 Å². The van der Waals surface area contributed by atoms with E-state index in [2.05, 4.69) is 9.72 Å². The Labute approximate surface area is 179 Å². The van der Waals surface area contributed by atoms with Gasteiger partial charge in [-0.05, 0) is 25.0 Å². The van der Waals surface area contributed by atoms with Gasteiger partial charge in [0.05, 0.1) is 38.0 Å². The van der Waals surface area contributed by atoms with Gasteiger partial charge in [-0.2, -0.15) is 0 Å². The van der Waals surface area contributed by atoms with Crippen LogP contribution in [0.2, 0.25) is 0 Å². The number of ether oxygens (including phenoxy) is 1. The van der Waals surface area contributed by atoms with E-state index < -0.39 is 43.0 Å². The number of carbonyl (C=O) groups is 4. The van der Waals surface area contributed by atoms with E-state index in [-0.39, 0.29) is 24.7 Å². The van der Waals surface area contributed by atoms with Crippen LogP contribution in [0.4, 0.5) is 0 Å². The van der Waals surface area contributed by atoms with Crippen LogP contribution >= 0.6 is 0 Å². The van der Waals surface area contributed by atoms with E-state index in [0.717, 1.165) is 12.8 Å². The minimum atomic E-state index is -1.14. The zero-order chi connectivity index (χ0) is 23.0. The lowest BCUT2D eigenvalue weighted by molar-refractivity contribution is -0.146. The quantitative estimate of drug-likeness (QED) is 0.415. The minimum absolute atomic E-state index is 0.156. The molecule has 1 aliphatic rings. The maximum absolute atomic E-state index is 11.6. The predicted molar refractivity (Wildman–Crippen MR) is 107 cm³/mol. The second-order valence-corrected chi connectivity index (χ2v) is 7.44. The normalized spacial score (nSPS) is 18.7. The number of carbonyl (C=O) groups excluding carboxylic acids is 1. The van der Waals surface area contributed by atoms with Crippen molar-refractivity contribution in [2.75, 3.05) is 26.7 Å². The highest BCUT2D eigenvalue weighted by Gasteiger charge is 2.36. The van der Waals surface area contributed by atoms with Crippen LogP contribution in [0.5, 0.6) is 0 Å². The Hall–Kier alpha value is -3.05. The molecular formula is C20H27N3O8. The summed E-state index contributed by atoms with van der Waals surface area (Å²) in [7, 11) is 1.26. The monoisotopic (exact) mass is 437 g/mol. The van der Waals surface area contributed by atoms with Crippen LogP contribution in [0.25, 0.3) is 0 Å². The van der Waals surface area contributed by atoms with Crippen molar-refractivity contribution in [3.8, 4) is 0 Å². The topological polar surface area (TPSA) is 158 Å². The Morgan fingerprint density at radius 2 is 1.45 bits per heavy atom. The van der Waals surface area contributed by atoms with Crippen molar-refractivity contribution in [1.82, 2.24) is 14.8 Å². The van der Waals surface area contributed by atoms with E-state index in [1.54, 1.807) is 11.0 Å². The summed E-state index contributed by atoms with van der Waals surface area (Å²) in [4.78, 5) is 53.0. The van der Waals surface area contributed by atoms with Gasteiger partial charge in [0, 0.05) is 24.8 Å². The van der Waals surface area contributed by atoms with Gasteiger partial charge >= 0.3 is 23.9 Å². The highest BCUT2D eigenvalue weighted by molar-refractivity contribution is 5.88. The molecule has 0 unspecified atom stereocenters. The molecule has 3 N–H and O–H groups in total. The molecule has 1 aromatic heterocycles. The van der Waals surface area contributed by atoms with E-state index >= 15 is 0 Å². The van der Waals surface area contributed by atoms with Crippen LogP contribution in [0.1, 0.15) is 41.7 Å². The zero-order valence-corrected chi connectivity index (χ0v) is 17.3. The number of methoxy groups -OCH3 is 1. The molecular weight excluding hydrogens is 410 g/mol. The van der Waals surface area contributed by atoms with Gasteiger partial charge in [0.15, 0.2) is 0 Å². The molecule has 0 radical (unpaired) electrons. The Morgan fingerprint density at radius 3 is 1.90 bits per heavy atom. The lowest BCUT2D eigenvalue weighted by atomic mass is 9.87. The van der Waals surface area contributed by atoms with Crippen molar-refractivity contribution in [1.29, 1.82) is 0 Å². The van der Waals surface area contributed by atoms with Crippen LogP contribution in [0.15, 0.2) is 18.3 Å². The summed E-state index contributed by atoms with van der Waals surface area (Å²) in [6.07, 6.45) is 4.13. The maximum Gasteiger partial charge on any atom is 0.339 e. The van der Waals surface area contributed by atoms with Gasteiger partial charge in [0.25, 0.3) is 0 Å². The predicted octanol–water partition coefficient (Wildman–Crippen LogP) is 0.537. The molecule has 1 fully saturated rings. The molecule has 0 bridgehead atoms. The molecule has 1 aliphatic carbocycles. The lowest BCUT2D eigenvalue weighted by Gasteiger charge is -2.43. The molecule has 0 saturated heterocycles. The minimum Gasteiger partial charge on any atom is -0.480 e. The SMILES string of the molecule is COC(=O)c1ccc(CN(CC(=O)O)[C@@H]2CCCC[C@H]2N(CC(=O)O)CC(=O)O)nc1. The summed E-state index contributed by atoms with van der Waals surface area (Å²) in [5, 5.41) is 27.9. The van der Waals surface area contributed by atoms with Crippen LogP contribution in [-0.4, -0.2) is 92.8 Å². The highest BCUT2D eigenvalue weighted by Crippen LogP contribution is 2.28. The Kier molecular flexibility index (Phi) is 8.88. The third kappa shape index (κ3) is 7.30. The molecule has 1 saturated carbocycles. The van der Waals surface area contributed by atoms with Crippen molar-refractivity contribution in [2.24, 2.45) is 0 Å². The van der Waals surface area contributed by atoms with Gasteiger partial charge < -0.3 is 20.1 Å². The molecule has 0 aromatic carbocycles. The van der Waals surface area contributed by atoms with Gasteiger partial charge in [0.1, 0.15) is 0 Å². The molecule has 0 aliphatic heterocycles. The van der Waals surface area contributed by atoms with Gasteiger partial charge in [-0.15, -0.1) is 0 Å². The van der Waals surface area contributed by atoms with Crippen LogP contribution in [-0.2, 0) is 25.7 Å². The molecule has 0 spiro atoms. The van der Waals surface area contributed by atoms with E-state index in [1.165, 1.54) is 24.3 Å². The Bertz CT molecular complexity index is 782. The van der Waals surface area contributed by atoms with Crippen LogP contribution in [0, 0.1) is 0 Å². The average Bonchev–Trinajstić information content (AvgIpc) is 2.72. The molecule has 31 heavy (non-hydrogen) atoms. The number of nitrogens with zero attached hydrogens (tertiary/aromatic N) is 3. The van der Waals surface area contributed by atoms with Crippen LogP contribution < -0.4 is 0 Å². The van der Waals surface area contributed by atoms with Gasteiger partial charge in [-0.1, -0.05) is 12.8 Å².